The fourth-order valence-electron chi connectivity index (χ4n) is 3.01. The Labute approximate surface area is 152 Å². The molecule has 0 atom stereocenters. The molecule has 0 aliphatic heterocycles. The number of aryl methyl sites for hydroxylation is 1. The highest BCUT2D eigenvalue weighted by molar-refractivity contribution is 5.90. The molecule has 0 amide bonds. The van der Waals surface area contributed by atoms with Crippen LogP contribution in [-0.4, -0.2) is 51.8 Å². The SMILES string of the molecule is Cc1nn(-c2ccc(F)cc2)c2nc(C3CC3)nc(NCCN(C)C)c12. The molecule has 0 bridgehead atoms. The van der Waals surface area contributed by atoms with Crippen LogP contribution in [0.25, 0.3) is 16.7 Å². The van der Waals surface area contributed by atoms with Crippen molar-refractivity contribution in [2.75, 3.05) is 32.5 Å². The summed E-state index contributed by atoms with van der Waals surface area (Å²) in [5.74, 6) is 1.88. The summed E-state index contributed by atoms with van der Waals surface area (Å²) in [5, 5.41) is 9.03. The molecule has 1 aromatic carbocycles. The van der Waals surface area contributed by atoms with E-state index in [0.29, 0.717) is 5.92 Å². The Balaban J connectivity index is 1.81. The van der Waals surface area contributed by atoms with E-state index in [-0.39, 0.29) is 5.82 Å². The van der Waals surface area contributed by atoms with E-state index < -0.39 is 0 Å². The molecular weight excluding hydrogens is 331 g/mol. The molecule has 0 radical (unpaired) electrons. The highest BCUT2D eigenvalue weighted by Crippen LogP contribution is 2.40. The van der Waals surface area contributed by atoms with E-state index in [2.05, 4.69) is 15.3 Å². The molecule has 2 heterocycles. The maximum Gasteiger partial charge on any atom is 0.168 e. The number of hydrogen-bond acceptors (Lipinski definition) is 5. The van der Waals surface area contributed by atoms with E-state index in [1.165, 1.54) is 12.1 Å². The summed E-state index contributed by atoms with van der Waals surface area (Å²) in [6.07, 6.45) is 2.26. The van der Waals surface area contributed by atoms with Crippen LogP contribution in [0, 0.1) is 12.7 Å². The molecule has 136 valence electrons. The Morgan fingerprint density at radius 1 is 1.19 bits per heavy atom. The summed E-state index contributed by atoms with van der Waals surface area (Å²) in [7, 11) is 4.09. The lowest BCUT2D eigenvalue weighted by molar-refractivity contribution is 0.425. The Bertz CT molecular complexity index is 927. The second-order valence-electron chi connectivity index (χ2n) is 7.11. The van der Waals surface area contributed by atoms with Crippen LogP contribution >= 0.6 is 0 Å². The number of rotatable bonds is 6. The van der Waals surface area contributed by atoms with Gasteiger partial charge in [-0.2, -0.15) is 5.10 Å². The Morgan fingerprint density at radius 2 is 1.92 bits per heavy atom. The van der Waals surface area contributed by atoms with Crippen LogP contribution < -0.4 is 5.32 Å². The molecule has 0 unspecified atom stereocenters. The Kier molecular flexibility index (Phi) is 4.32. The molecular formula is C19H23FN6. The van der Waals surface area contributed by atoms with Gasteiger partial charge in [-0.05, 0) is 58.1 Å². The van der Waals surface area contributed by atoms with Crippen LogP contribution in [0.4, 0.5) is 10.2 Å². The number of anilines is 1. The fraction of sp³-hybridized carbons (Fsp3) is 0.421. The standard InChI is InChI=1S/C19H23FN6/c1-12-16-18(21-10-11-25(2)3)22-17(13-4-5-13)23-19(16)26(24-12)15-8-6-14(20)7-9-15/h6-9,13H,4-5,10-11H2,1-3H3,(H,21,22,23). The number of fused-ring (bicyclic) bond motifs is 1. The normalized spacial score (nSPS) is 14.3. The predicted molar refractivity (Wildman–Crippen MR) is 100 cm³/mol. The van der Waals surface area contributed by atoms with Crippen molar-refractivity contribution in [1.82, 2.24) is 24.6 Å². The zero-order chi connectivity index (χ0) is 18.3. The van der Waals surface area contributed by atoms with Gasteiger partial charge in [0, 0.05) is 19.0 Å². The van der Waals surface area contributed by atoms with Gasteiger partial charge in [0.15, 0.2) is 5.65 Å². The van der Waals surface area contributed by atoms with Crippen molar-refractivity contribution in [2.45, 2.75) is 25.7 Å². The molecule has 1 saturated carbocycles. The lowest BCUT2D eigenvalue weighted by atomic mass is 10.2. The van der Waals surface area contributed by atoms with Gasteiger partial charge in [0.25, 0.3) is 0 Å². The third-order valence-electron chi connectivity index (χ3n) is 4.58. The first-order chi connectivity index (χ1) is 12.5. The van der Waals surface area contributed by atoms with Crippen molar-refractivity contribution < 1.29 is 4.39 Å². The van der Waals surface area contributed by atoms with Crippen LogP contribution in [0.2, 0.25) is 0 Å². The van der Waals surface area contributed by atoms with Crippen LogP contribution in [0.5, 0.6) is 0 Å². The lowest BCUT2D eigenvalue weighted by Crippen LogP contribution is -2.21. The molecule has 3 aromatic rings. The molecule has 0 saturated heterocycles. The highest BCUT2D eigenvalue weighted by Gasteiger charge is 2.29. The summed E-state index contributed by atoms with van der Waals surface area (Å²) >= 11 is 0. The number of hydrogen-bond donors (Lipinski definition) is 1. The third-order valence-corrected chi connectivity index (χ3v) is 4.58. The van der Waals surface area contributed by atoms with Gasteiger partial charge in [-0.15, -0.1) is 0 Å². The molecule has 1 fully saturated rings. The van der Waals surface area contributed by atoms with E-state index in [1.807, 2.05) is 21.0 Å². The third kappa shape index (κ3) is 3.26. The van der Waals surface area contributed by atoms with Crippen LogP contribution in [0.3, 0.4) is 0 Å². The maximum atomic E-state index is 13.3. The molecule has 7 heteroatoms. The Morgan fingerprint density at radius 3 is 2.58 bits per heavy atom. The number of halogens is 1. The van der Waals surface area contributed by atoms with E-state index in [1.54, 1.807) is 16.8 Å². The summed E-state index contributed by atoms with van der Waals surface area (Å²) in [6.45, 7) is 3.67. The van der Waals surface area contributed by atoms with Crippen LogP contribution in [-0.2, 0) is 0 Å². The van der Waals surface area contributed by atoms with Crippen molar-refractivity contribution in [3.63, 3.8) is 0 Å². The molecule has 1 aliphatic carbocycles. The van der Waals surface area contributed by atoms with E-state index >= 15 is 0 Å². The van der Waals surface area contributed by atoms with Gasteiger partial charge in [-0.25, -0.2) is 19.0 Å². The zero-order valence-corrected chi connectivity index (χ0v) is 15.3. The van der Waals surface area contributed by atoms with Crippen molar-refractivity contribution in [3.05, 3.63) is 41.6 Å². The molecule has 26 heavy (non-hydrogen) atoms. The topological polar surface area (TPSA) is 58.9 Å². The average molecular weight is 354 g/mol. The minimum absolute atomic E-state index is 0.263. The lowest BCUT2D eigenvalue weighted by Gasteiger charge is -2.12. The van der Waals surface area contributed by atoms with Gasteiger partial charge in [0.1, 0.15) is 17.5 Å². The average Bonchev–Trinajstić information content (AvgIpc) is 3.40. The molecule has 6 nitrogen and oxygen atoms in total. The Hall–Kier alpha value is -2.54. The molecule has 1 N–H and O–H groups in total. The quantitative estimate of drug-likeness (QED) is 0.737. The summed E-state index contributed by atoms with van der Waals surface area (Å²) < 4.78 is 15.1. The summed E-state index contributed by atoms with van der Waals surface area (Å²) in [5.41, 5.74) is 2.43. The van der Waals surface area contributed by atoms with Gasteiger partial charge < -0.3 is 10.2 Å². The van der Waals surface area contributed by atoms with Crippen molar-refractivity contribution >= 4 is 16.9 Å². The number of aromatic nitrogens is 4. The smallest absolute Gasteiger partial charge is 0.168 e. The van der Waals surface area contributed by atoms with Crippen molar-refractivity contribution in [1.29, 1.82) is 0 Å². The number of nitrogens with one attached hydrogen (secondary N) is 1. The summed E-state index contributed by atoms with van der Waals surface area (Å²) in [4.78, 5) is 11.7. The molecule has 0 spiro atoms. The highest BCUT2D eigenvalue weighted by atomic mass is 19.1. The van der Waals surface area contributed by atoms with Gasteiger partial charge >= 0.3 is 0 Å². The van der Waals surface area contributed by atoms with Gasteiger partial charge in [-0.3, -0.25) is 0 Å². The number of nitrogens with zero attached hydrogens (tertiary/aromatic N) is 5. The van der Waals surface area contributed by atoms with Gasteiger partial charge in [-0.1, -0.05) is 0 Å². The second-order valence-corrected chi connectivity index (χ2v) is 7.11. The number of likely N-dealkylation sites (N-methyl/N-ethyl adjacent to an activating group) is 1. The minimum Gasteiger partial charge on any atom is -0.368 e. The first kappa shape index (κ1) is 16.9. The fourth-order valence-corrected chi connectivity index (χ4v) is 3.01. The zero-order valence-electron chi connectivity index (χ0n) is 15.3. The van der Waals surface area contributed by atoms with Crippen molar-refractivity contribution in [3.8, 4) is 5.69 Å². The molecule has 2 aromatic heterocycles. The molecule has 1 aliphatic rings. The van der Waals surface area contributed by atoms with Crippen LogP contribution in [0.15, 0.2) is 24.3 Å². The largest absolute Gasteiger partial charge is 0.368 e. The maximum absolute atomic E-state index is 13.3. The monoisotopic (exact) mass is 354 g/mol. The van der Waals surface area contributed by atoms with Gasteiger partial charge in [0.05, 0.1) is 16.8 Å². The minimum atomic E-state index is -0.263. The van der Waals surface area contributed by atoms with Crippen LogP contribution in [0.1, 0.15) is 30.3 Å². The van der Waals surface area contributed by atoms with E-state index in [4.69, 9.17) is 9.97 Å². The summed E-state index contributed by atoms with van der Waals surface area (Å²) in [6, 6.07) is 6.33. The van der Waals surface area contributed by atoms with Gasteiger partial charge in [0.2, 0.25) is 0 Å². The first-order valence-corrected chi connectivity index (χ1v) is 8.94. The molecule has 4 rings (SSSR count). The van der Waals surface area contributed by atoms with E-state index in [9.17, 15) is 4.39 Å². The predicted octanol–water partition coefficient (Wildman–Crippen LogP) is 3.11. The van der Waals surface area contributed by atoms with E-state index in [0.717, 1.165) is 60.0 Å². The van der Waals surface area contributed by atoms with Crippen molar-refractivity contribution in [2.24, 2.45) is 0 Å². The second kappa shape index (κ2) is 6.64. The first-order valence-electron chi connectivity index (χ1n) is 8.94. The number of benzene rings is 1.